The average molecular weight is 239 g/mol. The van der Waals surface area contributed by atoms with E-state index in [1.54, 1.807) is 0 Å². The maximum Gasteiger partial charge on any atom is 0.233 e. The van der Waals surface area contributed by atoms with Crippen LogP contribution in [0.2, 0.25) is 0 Å². The Kier molecular flexibility index (Phi) is 3.82. The highest BCUT2D eigenvalue weighted by Gasteiger charge is 2.51. The number of fused-ring (bicyclic) bond motifs is 1. The maximum atomic E-state index is 12.1. The second-order valence-electron chi connectivity index (χ2n) is 5.40. The molecule has 17 heavy (non-hydrogen) atoms. The highest BCUT2D eigenvalue weighted by Crippen LogP contribution is 2.42. The fourth-order valence-corrected chi connectivity index (χ4v) is 3.13. The van der Waals surface area contributed by atoms with Crippen LogP contribution in [-0.4, -0.2) is 35.0 Å². The fourth-order valence-electron chi connectivity index (χ4n) is 3.13. The van der Waals surface area contributed by atoms with Gasteiger partial charge < -0.3 is 5.11 Å². The van der Waals surface area contributed by atoms with Crippen LogP contribution in [0, 0.1) is 17.8 Å². The predicted octanol–water partition coefficient (Wildman–Crippen LogP) is 1.18. The van der Waals surface area contributed by atoms with Gasteiger partial charge in [-0.15, -0.1) is 0 Å². The number of rotatable bonds is 5. The zero-order valence-electron chi connectivity index (χ0n) is 10.4. The van der Waals surface area contributed by atoms with Gasteiger partial charge in [0.15, 0.2) is 0 Å². The molecule has 0 spiro atoms. The molecule has 1 aliphatic carbocycles. The van der Waals surface area contributed by atoms with Gasteiger partial charge in [-0.1, -0.05) is 6.92 Å². The van der Waals surface area contributed by atoms with Gasteiger partial charge in [0, 0.05) is 13.2 Å². The molecule has 0 aromatic rings. The number of carbonyl (C=O) groups is 2. The summed E-state index contributed by atoms with van der Waals surface area (Å²) in [6.07, 6.45) is 4.19. The lowest BCUT2D eigenvalue weighted by molar-refractivity contribution is -0.140. The molecule has 2 aliphatic rings. The summed E-state index contributed by atoms with van der Waals surface area (Å²) in [5, 5.41) is 8.68. The molecule has 0 aromatic heterocycles. The Morgan fingerprint density at radius 3 is 2.24 bits per heavy atom. The van der Waals surface area contributed by atoms with Crippen LogP contribution in [-0.2, 0) is 9.59 Å². The summed E-state index contributed by atoms with van der Waals surface area (Å²) in [7, 11) is 0. The van der Waals surface area contributed by atoms with Crippen molar-refractivity contribution in [1.82, 2.24) is 4.90 Å². The number of unbranched alkanes of at least 4 members (excludes halogenated alkanes) is 2. The Morgan fingerprint density at radius 2 is 1.71 bits per heavy atom. The van der Waals surface area contributed by atoms with E-state index in [0.29, 0.717) is 12.5 Å². The average Bonchev–Trinajstić information content (AvgIpc) is 2.77. The molecule has 1 N–H and O–H groups in total. The number of imide groups is 1. The van der Waals surface area contributed by atoms with Crippen molar-refractivity contribution in [3.05, 3.63) is 0 Å². The van der Waals surface area contributed by atoms with E-state index in [9.17, 15) is 9.59 Å². The van der Waals surface area contributed by atoms with Crippen LogP contribution in [0.3, 0.4) is 0 Å². The molecule has 2 atom stereocenters. The third-order valence-corrected chi connectivity index (χ3v) is 4.00. The fraction of sp³-hybridized carbons (Fsp3) is 0.846. The Balaban J connectivity index is 1.88. The van der Waals surface area contributed by atoms with E-state index in [4.69, 9.17) is 5.11 Å². The minimum absolute atomic E-state index is 0.0321. The normalized spacial score (nSPS) is 32.4. The van der Waals surface area contributed by atoms with Crippen LogP contribution in [0.15, 0.2) is 0 Å². The van der Waals surface area contributed by atoms with E-state index in [2.05, 4.69) is 6.92 Å². The lowest BCUT2D eigenvalue weighted by Crippen LogP contribution is -2.33. The quantitative estimate of drug-likeness (QED) is 0.579. The molecule has 4 heteroatoms. The van der Waals surface area contributed by atoms with Gasteiger partial charge in [-0.2, -0.15) is 0 Å². The number of nitrogens with zero attached hydrogens (tertiary/aromatic N) is 1. The van der Waals surface area contributed by atoms with Crippen molar-refractivity contribution < 1.29 is 14.7 Å². The number of hydrogen-bond acceptors (Lipinski definition) is 3. The van der Waals surface area contributed by atoms with Crippen molar-refractivity contribution in [1.29, 1.82) is 0 Å². The number of amides is 2. The maximum absolute atomic E-state index is 12.1. The Bertz CT molecular complexity index is 292. The van der Waals surface area contributed by atoms with E-state index < -0.39 is 0 Å². The summed E-state index contributed by atoms with van der Waals surface area (Å²) >= 11 is 0. The summed E-state index contributed by atoms with van der Waals surface area (Å²) in [5.41, 5.74) is 0. The molecule has 0 aromatic carbocycles. The molecule has 2 fully saturated rings. The first-order chi connectivity index (χ1) is 8.15. The standard InChI is InChI=1S/C13H21NO3/c1-9-7-10-11(8-9)13(17)14(12(10)16)5-3-2-4-6-15/h9-11,15H,2-8H2,1H3. The second-order valence-corrected chi connectivity index (χ2v) is 5.40. The minimum Gasteiger partial charge on any atom is -0.396 e. The third-order valence-electron chi connectivity index (χ3n) is 4.00. The van der Waals surface area contributed by atoms with Gasteiger partial charge in [-0.25, -0.2) is 0 Å². The van der Waals surface area contributed by atoms with Gasteiger partial charge in [0.2, 0.25) is 11.8 Å². The van der Waals surface area contributed by atoms with Crippen LogP contribution < -0.4 is 0 Å². The zero-order valence-corrected chi connectivity index (χ0v) is 10.4. The van der Waals surface area contributed by atoms with Gasteiger partial charge in [-0.05, 0) is 38.0 Å². The molecular weight excluding hydrogens is 218 g/mol. The molecule has 2 rings (SSSR count). The van der Waals surface area contributed by atoms with Gasteiger partial charge in [0.25, 0.3) is 0 Å². The van der Waals surface area contributed by atoms with Crippen LogP contribution in [0.5, 0.6) is 0 Å². The van der Waals surface area contributed by atoms with E-state index >= 15 is 0 Å². The number of aliphatic hydroxyl groups excluding tert-OH is 1. The minimum atomic E-state index is -0.0321. The molecule has 1 saturated carbocycles. The summed E-state index contributed by atoms with van der Waals surface area (Å²) in [6.45, 7) is 2.84. The Hall–Kier alpha value is -0.900. The molecule has 4 nitrogen and oxygen atoms in total. The summed E-state index contributed by atoms with van der Waals surface area (Å²) in [5.74, 6) is 0.543. The lowest BCUT2D eigenvalue weighted by Gasteiger charge is -2.16. The highest BCUT2D eigenvalue weighted by molar-refractivity contribution is 6.05. The first-order valence-electron chi connectivity index (χ1n) is 6.61. The van der Waals surface area contributed by atoms with E-state index in [1.807, 2.05) is 0 Å². The highest BCUT2D eigenvalue weighted by atomic mass is 16.3. The number of likely N-dealkylation sites (tertiary alicyclic amines) is 1. The number of aliphatic hydroxyl groups is 1. The molecule has 1 aliphatic heterocycles. The lowest BCUT2D eigenvalue weighted by atomic mass is 10.00. The van der Waals surface area contributed by atoms with Crippen LogP contribution in [0.1, 0.15) is 39.0 Å². The molecule has 0 bridgehead atoms. The van der Waals surface area contributed by atoms with Crippen molar-refractivity contribution >= 4 is 11.8 Å². The zero-order chi connectivity index (χ0) is 12.4. The van der Waals surface area contributed by atoms with Gasteiger partial charge in [-0.3, -0.25) is 14.5 Å². The topological polar surface area (TPSA) is 57.6 Å². The SMILES string of the molecule is CC1CC2C(=O)N(CCCCCO)C(=O)C2C1. The van der Waals surface area contributed by atoms with Crippen molar-refractivity contribution in [2.45, 2.75) is 39.0 Å². The second kappa shape index (κ2) is 5.17. The first kappa shape index (κ1) is 12.6. The van der Waals surface area contributed by atoms with Gasteiger partial charge in [0.05, 0.1) is 11.8 Å². The first-order valence-corrected chi connectivity index (χ1v) is 6.61. The van der Waals surface area contributed by atoms with Crippen LogP contribution in [0.4, 0.5) is 0 Å². The van der Waals surface area contributed by atoms with Crippen LogP contribution >= 0.6 is 0 Å². The summed E-state index contributed by atoms with van der Waals surface area (Å²) in [4.78, 5) is 25.6. The summed E-state index contributed by atoms with van der Waals surface area (Å²) in [6, 6.07) is 0. The Morgan fingerprint density at radius 1 is 1.12 bits per heavy atom. The third kappa shape index (κ3) is 2.37. The van der Waals surface area contributed by atoms with Crippen molar-refractivity contribution in [3.63, 3.8) is 0 Å². The van der Waals surface area contributed by atoms with Gasteiger partial charge in [0.1, 0.15) is 0 Å². The smallest absolute Gasteiger partial charge is 0.233 e. The monoisotopic (exact) mass is 239 g/mol. The largest absolute Gasteiger partial charge is 0.396 e. The molecule has 96 valence electrons. The van der Waals surface area contributed by atoms with Crippen molar-refractivity contribution in [3.8, 4) is 0 Å². The predicted molar refractivity (Wildman–Crippen MR) is 63.0 cm³/mol. The van der Waals surface area contributed by atoms with Crippen molar-refractivity contribution in [2.24, 2.45) is 17.8 Å². The number of carbonyl (C=O) groups excluding carboxylic acids is 2. The van der Waals surface area contributed by atoms with Crippen LogP contribution in [0.25, 0.3) is 0 Å². The molecule has 2 amide bonds. The molecule has 1 saturated heterocycles. The molecule has 2 unspecified atom stereocenters. The summed E-state index contributed by atoms with van der Waals surface area (Å²) < 4.78 is 0. The molecule has 1 heterocycles. The molecule has 0 radical (unpaired) electrons. The van der Waals surface area contributed by atoms with E-state index in [1.165, 1.54) is 4.90 Å². The van der Waals surface area contributed by atoms with Crippen molar-refractivity contribution in [2.75, 3.05) is 13.2 Å². The number of hydrogen-bond donors (Lipinski definition) is 1. The molecular formula is C13H21NO3. The van der Waals surface area contributed by atoms with Gasteiger partial charge >= 0.3 is 0 Å². The van der Waals surface area contributed by atoms with E-state index in [0.717, 1.165) is 32.1 Å². The Labute approximate surface area is 102 Å². The van der Waals surface area contributed by atoms with E-state index in [-0.39, 0.29) is 30.3 Å².